The Morgan fingerprint density at radius 3 is 2.63 bits per heavy atom. The van der Waals surface area contributed by atoms with E-state index < -0.39 is 5.54 Å². The lowest BCUT2D eigenvalue weighted by atomic mass is 9.93. The van der Waals surface area contributed by atoms with Gasteiger partial charge in [0.15, 0.2) is 0 Å². The molecule has 0 spiro atoms. The number of benzene rings is 1. The van der Waals surface area contributed by atoms with Crippen molar-refractivity contribution in [2.45, 2.75) is 19.4 Å². The van der Waals surface area contributed by atoms with Crippen LogP contribution < -0.4 is 10.9 Å². The van der Waals surface area contributed by atoms with Gasteiger partial charge in [-0.15, -0.1) is 0 Å². The van der Waals surface area contributed by atoms with Gasteiger partial charge < -0.3 is 15.4 Å². The molecule has 100 valence electrons. The van der Waals surface area contributed by atoms with Crippen molar-refractivity contribution in [1.82, 2.24) is 9.97 Å². The van der Waals surface area contributed by atoms with Crippen molar-refractivity contribution in [3.05, 3.63) is 58.1 Å². The van der Waals surface area contributed by atoms with Crippen molar-refractivity contribution < 1.29 is 5.11 Å². The first-order chi connectivity index (χ1) is 9.03. The van der Waals surface area contributed by atoms with Gasteiger partial charge in [0.1, 0.15) is 11.6 Å². The predicted molar refractivity (Wildman–Crippen MR) is 74.1 cm³/mol. The third-order valence-corrected chi connectivity index (χ3v) is 2.99. The normalized spacial score (nSPS) is 13.8. The quantitative estimate of drug-likeness (QED) is 0.775. The fourth-order valence-electron chi connectivity index (χ4n) is 1.94. The molecule has 0 amide bonds. The van der Waals surface area contributed by atoms with Crippen LogP contribution in [0.25, 0.3) is 0 Å². The highest BCUT2D eigenvalue weighted by Gasteiger charge is 2.26. The van der Waals surface area contributed by atoms with E-state index in [2.05, 4.69) is 15.3 Å². The summed E-state index contributed by atoms with van der Waals surface area (Å²) >= 11 is 0. The van der Waals surface area contributed by atoms with E-state index in [0.717, 1.165) is 5.56 Å². The molecule has 0 aliphatic heterocycles. The van der Waals surface area contributed by atoms with Crippen LogP contribution in [-0.2, 0) is 5.54 Å². The molecule has 2 aromatic rings. The van der Waals surface area contributed by atoms with E-state index in [-0.39, 0.29) is 12.2 Å². The lowest BCUT2D eigenvalue weighted by Gasteiger charge is -2.29. The first-order valence-corrected chi connectivity index (χ1v) is 6.06. The number of hydrogen-bond donors (Lipinski definition) is 3. The van der Waals surface area contributed by atoms with E-state index in [1.807, 2.05) is 37.3 Å². The second-order valence-corrected chi connectivity index (χ2v) is 4.70. The number of nitrogens with zero attached hydrogens (tertiary/aromatic N) is 1. The lowest BCUT2D eigenvalue weighted by Crippen LogP contribution is -2.36. The zero-order valence-electron chi connectivity index (χ0n) is 11.0. The van der Waals surface area contributed by atoms with Crippen LogP contribution in [0.5, 0.6) is 0 Å². The Bertz CT molecular complexity index is 610. The molecule has 0 fully saturated rings. The second-order valence-electron chi connectivity index (χ2n) is 4.70. The Morgan fingerprint density at radius 1 is 1.37 bits per heavy atom. The van der Waals surface area contributed by atoms with Crippen LogP contribution in [0.3, 0.4) is 0 Å². The van der Waals surface area contributed by atoms with E-state index >= 15 is 0 Å². The topological polar surface area (TPSA) is 78.0 Å². The molecule has 0 saturated carbocycles. The summed E-state index contributed by atoms with van der Waals surface area (Å²) in [4.78, 5) is 18.2. The van der Waals surface area contributed by atoms with Gasteiger partial charge in [0, 0.05) is 6.07 Å². The van der Waals surface area contributed by atoms with E-state index in [0.29, 0.717) is 11.6 Å². The standard InChI is InChI=1S/C14H17N3O2/c1-10-15-12(8-13(19)16-10)17-14(2,9-18)11-6-4-3-5-7-11/h3-8,18H,9H2,1-2H3,(H2,15,16,17,19). The summed E-state index contributed by atoms with van der Waals surface area (Å²) in [5.41, 5.74) is 0.0229. The van der Waals surface area contributed by atoms with Gasteiger partial charge in [-0.25, -0.2) is 4.98 Å². The molecule has 0 aliphatic carbocycles. The molecule has 2 rings (SSSR count). The monoisotopic (exact) mass is 259 g/mol. The largest absolute Gasteiger partial charge is 0.394 e. The van der Waals surface area contributed by atoms with E-state index in [4.69, 9.17) is 0 Å². The van der Waals surface area contributed by atoms with E-state index in [9.17, 15) is 9.90 Å². The van der Waals surface area contributed by atoms with Crippen molar-refractivity contribution in [2.75, 3.05) is 11.9 Å². The summed E-state index contributed by atoms with van der Waals surface area (Å²) in [5.74, 6) is 0.977. The van der Waals surface area contributed by atoms with Crippen molar-refractivity contribution in [3.63, 3.8) is 0 Å². The summed E-state index contributed by atoms with van der Waals surface area (Å²) in [6.45, 7) is 3.47. The van der Waals surface area contributed by atoms with Crippen molar-refractivity contribution in [2.24, 2.45) is 0 Å². The maximum Gasteiger partial charge on any atom is 0.252 e. The fourth-order valence-corrected chi connectivity index (χ4v) is 1.94. The van der Waals surface area contributed by atoms with Crippen LogP contribution in [0.1, 0.15) is 18.3 Å². The summed E-state index contributed by atoms with van der Waals surface area (Å²) in [6, 6.07) is 10.9. The van der Waals surface area contributed by atoms with E-state index in [1.165, 1.54) is 6.07 Å². The Kier molecular flexibility index (Phi) is 3.66. The maximum atomic E-state index is 11.4. The zero-order valence-corrected chi connectivity index (χ0v) is 11.0. The number of nitrogens with one attached hydrogen (secondary N) is 2. The molecule has 1 atom stereocenters. The highest BCUT2D eigenvalue weighted by Crippen LogP contribution is 2.24. The van der Waals surface area contributed by atoms with Gasteiger partial charge in [-0.1, -0.05) is 30.3 Å². The number of aliphatic hydroxyl groups is 1. The number of aliphatic hydroxyl groups excluding tert-OH is 1. The number of rotatable bonds is 4. The molecule has 5 heteroatoms. The molecule has 0 saturated heterocycles. The molecular weight excluding hydrogens is 242 g/mol. The molecule has 1 aromatic heterocycles. The highest BCUT2D eigenvalue weighted by atomic mass is 16.3. The molecule has 3 N–H and O–H groups in total. The smallest absolute Gasteiger partial charge is 0.252 e. The molecule has 1 heterocycles. The maximum absolute atomic E-state index is 11.4. The van der Waals surface area contributed by atoms with Gasteiger partial charge in [-0.05, 0) is 19.4 Å². The van der Waals surface area contributed by atoms with Crippen molar-refractivity contribution in [3.8, 4) is 0 Å². The predicted octanol–water partition coefficient (Wildman–Crippen LogP) is 1.40. The summed E-state index contributed by atoms with van der Waals surface area (Å²) in [7, 11) is 0. The molecule has 19 heavy (non-hydrogen) atoms. The average Bonchev–Trinajstić information content (AvgIpc) is 2.38. The molecule has 0 aliphatic rings. The molecule has 1 aromatic carbocycles. The Hall–Kier alpha value is -2.14. The Labute approximate surface area is 111 Å². The first-order valence-electron chi connectivity index (χ1n) is 6.06. The van der Waals surface area contributed by atoms with Crippen molar-refractivity contribution in [1.29, 1.82) is 0 Å². The molecule has 0 radical (unpaired) electrons. The SMILES string of the molecule is Cc1nc(NC(C)(CO)c2ccccc2)cc(=O)[nH]1. The minimum absolute atomic E-state index is 0.107. The number of hydrogen-bond acceptors (Lipinski definition) is 4. The highest BCUT2D eigenvalue weighted by molar-refractivity contribution is 5.41. The first kappa shape index (κ1) is 13.3. The number of H-pyrrole nitrogens is 1. The van der Waals surface area contributed by atoms with Gasteiger partial charge >= 0.3 is 0 Å². The average molecular weight is 259 g/mol. The van der Waals surface area contributed by atoms with Crippen LogP contribution in [0, 0.1) is 6.92 Å². The van der Waals surface area contributed by atoms with Crippen LogP contribution in [0.15, 0.2) is 41.2 Å². The summed E-state index contributed by atoms with van der Waals surface area (Å²) in [5, 5.41) is 12.8. The van der Waals surface area contributed by atoms with Crippen LogP contribution >= 0.6 is 0 Å². The van der Waals surface area contributed by atoms with Crippen LogP contribution in [0.2, 0.25) is 0 Å². The number of anilines is 1. The number of aryl methyl sites for hydroxylation is 1. The third kappa shape index (κ3) is 3.00. The van der Waals surface area contributed by atoms with Gasteiger partial charge in [0.05, 0.1) is 12.1 Å². The number of aromatic amines is 1. The summed E-state index contributed by atoms with van der Waals surface area (Å²) < 4.78 is 0. The summed E-state index contributed by atoms with van der Waals surface area (Å²) in [6.07, 6.45) is 0. The molecular formula is C14H17N3O2. The van der Waals surface area contributed by atoms with Gasteiger partial charge in [-0.2, -0.15) is 0 Å². The van der Waals surface area contributed by atoms with Gasteiger partial charge in [0.2, 0.25) is 0 Å². The lowest BCUT2D eigenvalue weighted by molar-refractivity contribution is 0.223. The second kappa shape index (κ2) is 5.24. The Balaban J connectivity index is 2.35. The van der Waals surface area contributed by atoms with Crippen molar-refractivity contribution >= 4 is 5.82 Å². The molecule has 0 bridgehead atoms. The fraction of sp³-hybridized carbons (Fsp3) is 0.286. The van der Waals surface area contributed by atoms with Crippen LogP contribution in [0.4, 0.5) is 5.82 Å². The Morgan fingerprint density at radius 2 is 2.05 bits per heavy atom. The molecule has 5 nitrogen and oxygen atoms in total. The zero-order chi connectivity index (χ0) is 13.9. The van der Waals surface area contributed by atoms with Gasteiger partial charge in [-0.3, -0.25) is 4.79 Å². The third-order valence-electron chi connectivity index (χ3n) is 2.99. The minimum atomic E-state index is -0.686. The number of aromatic nitrogens is 2. The molecule has 1 unspecified atom stereocenters. The minimum Gasteiger partial charge on any atom is -0.394 e. The van der Waals surface area contributed by atoms with Crippen LogP contribution in [-0.4, -0.2) is 21.7 Å². The van der Waals surface area contributed by atoms with Gasteiger partial charge in [0.25, 0.3) is 5.56 Å². The van der Waals surface area contributed by atoms with E-state index in [1.54, 1.807) is 6.92 Å².